The van der Waals surface area contributed by atoms with E-state index in [-0.39, 0.29) is 44.6 Å². The summed E-state index contributed by atoms with van der Waals surface area (Å²) in [5.41, 5.74) is 8.28. The van der Waals surface area contributed by atoms with Gasteiger partial charge in [-0.15, -0.1) is 11.3 Å². The van der Waals surface area contributed by atoms with Crippen LogP contribution in [0.5, 0.6) is 0 Å². The fraction of sp³-hybridized carbons (Fsp3) is 0.478. The van der Waals surface area contributed by atoms with Crippen LogP contribution >= 0.6 is 11.3 Å². The second-order valence-corrected chi connectivity index (χ2v) is 8.68. The van der Waals surface area contributed by atoms with Gasteiger partial charge in [-0.3, -0.25) is 29.2 Å². The maximum atomic E-state index is 12.7. The van der Waals surface area contributed by atoms with E-state index in [4.69, 9.17) is 15.2 Å². The van der Waals surface area contributed by atoms with Crippen molar-refractivity contribution in [3.8, 4) is 0 Å². The molecule has 1 aromatic carbocycles. The lowest BCUT2D eigenvalue weighted by molar-refractivity contribution is -0.145. The lowest BCUT2D eigenvalue weighted by atomic mass is 10.1. The Morgan fingerprint density at radius 1 is 1.11 bits per heavy atom. The molecule has 0 saturated carbocycles. The van der Waals surface area contributed by atoms with Crippen molar-refractivity contribution in [3.05, 3.63) is 23.7 Å². The number of carbonyl (C=O) groups excluding carboxylic acids is 5. The average Bonchev–Trinajstić information content (AvgIpc) is 3.35. The number of fused-ring (bicyclic) bond motifs is 1. The standard InChI is InChI=1S/C23H31N5O8S/c1-3-35-21(31)12-25-22(32)17(27-19(29)9-6-15(24)23(33)36-4-2)8-10-20(30)28(34)14-5-7-16-18(11-14)37-13-26-16/h5,7,11,13,15,17,34H,3-4,6,8-10,12,24H2,1-2H3,(H,25,32)(H,27,29)/t15-,17-/m0/s1. The second kappa shape index (κ2) is 14.8. The van der Waals surface area contributed by atoms with E-state index in [9.17, 15) is 29.2 Å². The number of thiazole rings is 1. The number of esters is 2. The summed E-state index contributed by atoms with van der Waals surface area (Å²) < 4.78 is 10.3. The van der Waals surface area contributed by atoms with Gasteiger partial charge in [-0.25, -0.2) is 4.98 Å². The number of amides is 3. The lowest BCUT2D eigenvalue weighted by Crippen LogP contribution is -2.48. The molecule has 0 aliphatic rings. The van der Waals surface area contributed by atoms with E-state index >= 15 is 0 Å². The van der Waals surface area contributed by atoms with Crippen molar-refractivity contribution in [3.63, 3.8) is 0 Å². The highest BCUT2D eigenvalue weighted by atomic mass is 32.1. The number of nitrogens with zero attached hydrogens (tertiary/aromatic N) is 2. The summed E-state index contributed by atoms with van der Waals surface area (Å²) in [7, 11) is 0. The predicted molar refractivity (Wildman–Crippen MR) is 134 cm³/mol. The number of hydroxylamine groups is 1. The zero-order valence-corrected chi connectivity index (χ0v) is 21.4. The van der Waals surface area contributed by atoms with Gasteiger partial charge < -0.3 is 25.8 Å². The largest absolute Gasteiger partial charge is 0.465 e. The molecule has 0 bridgehead atoms. The molecular formula is C23H31N5O8S. The summed E-state index contributed by atoms with van der Waals surface area (Å²) in [5.74, 6) is -3.35. The van der Waals surface area contributed by atoms with E-state index in [1.165, 1.54) is 17.4 Å². The fourth-order valence-corrected chi connectivity index (χ4v) is 3.89. The monoisotopic (exact) mass is 537 g/mol. The number of nitrogens with two attached hydrogens (primary N) is 1. The molecule has 0 aliphatic carbocycles. The number of ether oxygens (including phenoxy) is 2. The van der Waals surface area contributed by atoms with Gasteiger partial charge in [0.25, 0.3) is 5.91 Å². The van der Waals surface area contributed by atoms with Crippen LogP contribution in [0.25, 0.3) is 10.2 Å². The van der Waals surface area contributed by atoms with Crippen molar-refractivity contribution >= 4 is 56.9 Å². The van der Waals surface area contributed by atoms with Crippen LogP contribution in [0.3, 0.4) is 0 Å². The van der Waals surface area contributed by atoms with Crippen LogP contribution in [0.2, 0.25) is 0 Å². The summed E-state index contributed by atoms with van der Waals surface area (Å²) in [6.07, 6.45) is -0.692. The Bertz CT molecular complexity index is 1110. The van der Waals surface area contributed by atoms with Crippen LogP contribution < -0.4 is 21.4 Å². The molecule has 2 rings (SSSR count). The van der Waals surface area contributed by atoms with Crippen LogP contribution in [0.4, 0.5) is 5.69 Å². The Kier molecular flexibility index (Phi) is 11.9. The number of benzene rings is 1. The maximum absolute atomic E-state index is 12.7. The Hall–Kier alpha value is -3.62. The van der Waals surface area contributed by atoms with Crippen molar-refractivity contribution < 1.29 is 38.7 Å². The summed E-state index contributed by atoms with van der Waals surface area (Å²) >= 11 is 1.35. The number of carbonyl (C=O) groups is 5. The Balaban J connectivity index is 2.00. The van der Waals surface area contributed by atoms with Crippen LogP contribution in [0.15, 0.2) is 23.7 Å². The first kappa shape index (κ1) is 29.6. The molecule has 0 fully saturated rings. The van der Waals surface area contributed by atoms with Crippen molar-refractivity contribution in [1.29, 1.82) is 0 Å². The van der Waals surface area contributed by atoms with Crippen LogP contribution in [-0.2, 0) is 33.4 Å². The lowest BCUT2D eigenvalue weighted by Gasteiger charge is -2.20. The number of rotatable bonds is 14. The molecule has 202 valence electrons. The quantitative estimate of drug-likeness (QED) is 0.151. The topological polar surface area (TPSA) is 190 Å². The SMILES string of the molecule is CCOC(=O)CNC(=O)[C@H](CCC(=O)N(O)c1ccc2ncsc2c1)NC(=O)CC[C@H](N)C(=O)OCC. The molecule has 0 radical (unpaired) electrons. The Morgan fingerprint density at radius 3 is 2.54 bits per heavy atom. The summed E-state index contributed by atoms with van der Waals surface area (Å²) in [6, 6.07) is 2.57. The molecule has 1 aromatic heterocycles. The number of aromatic nitrogens is 1. The molecule has 0 unspecified atom stereocenters. The summed E-state index contributed by atoms with van der Waals surface area (Å²) in [6.45, 7) is 3.09. The van der Waals surface area contributed by atoms with E-state index in [0.29, 0.717) is 5.06 Å². The second-order valence-electron chi connectivity index (χ2n) is 7.79. The zero-order chi connectivity index (χ0) is 27.4. The van der Waals surface area contributed by atoms with E-state index < -0.39 is 48.3 Å². The highest BCUT2D eigenvalue weighted by Gasteiger charge is 2.25. The van der Waals surface area contributed by atoms with E-state index in [1.54, 1.807) is 31.5 Å². The molecule has 37 heavy (non-hydrogen) atoms. The third-order valence-corrected chi connectivity index (χ3v) is 5.87. The number of hydrogen-bond donors (Lipinski definition) is 4. The maximum Gasteiger partial charge on any atom is 0.325 e. The van der Waals surface area contributed by atoms with Crippen LogP contribution in [-0.4, -0.2) is 71.7 Å². The minimum Gasteiger partial charge on any atom is -0.465 e. The highest BCUT2D eigenvalue weighted by molar-refractivity contribution is 7.16. The average molecular weight is 538 g/mol. The van der Waals surface area contributed by atoms with Gasteiger partial charge in [-0.2, -0.15) is 5.06 Å². The van der Waals surface area contributed by atoms with Gasteiger partial charge in [0.1, 0.15) is 18.6 Å². The third-order valence-electron chi connectivity index (χ3n) is 5.08. The first-order valence-corrected chi connectivity index (χ1v) is 12.5. The fourth-order valence-electron chi connectivity index (χ4n) is 3.18. The van der Waals surface area contributed by atoms with Crippen LogP contribution in [0, 0.1) is 0 Å². The third kappa shape index (κ3) is 9.40. The van der Waals surface area contributed by atoms with Gasteiger partial charge in [0.05, 0.1) is 34.6 Å². The molecule has 2 aromatic rings. The molecule has 0 saturated heterocycles. The minimum absolute atomic E-state index is 0.0226. The van der Waals surface area contributed by atoms with Crippen molar-refractivity contribution in [2.24, 2.45) is 5.73 Å². The first-order chi connectivity index (χ1) is 17.7. The van der Waals surface area contributed by atoms with Crippen molar-refractivity contribution in [2.45, 2.75) is 51.6 Å². The van der Waals surface area contributed by atoms with Crippen molar-refractivity contribution in [2.75, 3.05) is 24.8 Å². The van der Waals surface area contributed by atoms with Crippen molar-refractivity contribution in [1.82, 2.24) is 15.6 Å². The van der Waals surface area contributed by atoms with Crippen LogP contribution in [0.1, 0.15) is 39.5 Å². The summed E-state index contributed by atoms with van der Waals surface area (Å²) in [5, 5.41) is 15.7. The smallest absolute Gasteiger partial charge is 0.325 e. The zero-order valence-electron chi connectivity index (χ0n) is 20.6. The number of anilines is 1. The Morgan fingerprint density at radius 2 is 1.84 bits per heavy atom. The van der Waals surface area contributed by atoms with E-state index in [0.717, 1.165) is 10.2 Å². The van der Waals surface area contributed by atoms with Gasteiger partial charge in [0, 0.05) is 12.8 Å². The minimum atomic E-state index is -1.21. The molecule has 14 heteroatoms. The van der Waals surface area contributed by atoms with Gasteiger partial charge in [0.2, 0.25) is 11.8 Å². The molecule has 3 amide bonds. The molecule has 0 aliphatic heterocycles. The Labute approximate surface area is 217 Å². The normalized spacial score (nSPS) is 12.3. The van der Waals surface area contributed by atoms with Gasteiger partial charge >= 0.3 is 11.9 Å². The number of nitrogens with one attached hydrogen (secondary N) is 2. The molecule has 1 heterocycles. The van der Waals surface area contributed by atoms with Gasteiger partial charge in [0.15, 0.2) is 0 Å². The van der Waals surface area contributed by atoms with E-state index in [2.05, 4.69) is 15.6 Å². The molecule has 5 N–H and O–H groups in total. The summed E-state index contributed by atoms with van der Waals surface area (Å²) in [4.78, 5) is 65.1. The first-order valence-electron chi connectivity index (χ1n) is 11.7. The van der Waals surface area contributed by atoms with Gasteiger partial charge in [-0.1, -0.05) is 0 Å². The molecular weight excluding hydrogens is 506 g/mol. The molecule has 13 nitrogen and oxygen atoms in total. The predicted octanol–water partition coefficient (Wildman–Crippen LogP) is 0.633. The van der Waals surface area contributed by atoms with E-state index in [1.807, 2.05) is 0 Å². The van der Waals surface area contributed by atoms with Gasteiger partial charge in [-0.05, 0) is 44.9 Å². The molecule has 0 spiro atoms. The number of hydrogen-bond acceptors (Lipinski definition) is 11. The highest BCUT2D eigenvalue weighted by Crippen LogP contribution is 2.24. The molecule has 2 atom stereocenters.